The minimum absolute atomic E-state index is 0.0712. The Balaban J connectivity index is 2.27. The van der Waals surface area contributed by atoms with Gasteiger partial charge in [-0.3, -0.25) is 9.59 Å². The normalized spacial score (nSPS) is 11.7. The zero-order valence-corrected chi connectivity index (χ0v) is 14.8. The van der Waals surface area contributed by atoms with Crippen LogP contribution in [-0.2, 0) is 22.6 Å². The van der Waals surface area contributed by atoms with Gasteiger partial charge in [0.2, 0.25) is 11.8 Å². The van der Waals surface area contributed by atoms with Crippen LogP contribution < -0.4 is 5.32 Å². The van der Waals surface area contributed by atoms with Crippen molar-refractivity contribution in [2.75, 3.05) is 6.54 Å². The Kier molecular flexibility index (Phi) is 6.83. The third-order valence-electron chi connectivity index (χ3n) is 4.12. The van der Waals surface area contributed by atoms with Gasteiger partial charge in [-0.25, -0.2) is 8.78 Å². The molecular formula is C20H22F2N2O2. The van der Waals surface area contributed by atoms with E-state index in [0.29, 0.717) is 12.1 Å². The second-order valence-electron chi connectivity index (χ2n) is 5.95. The third-order valence-corrected chi connectivity index (χ3v) is 4.12. The number of nitrogens with zero attached hydrogens (tertiary/aromatic N) is 1. The highest BCUT2D eigenvalue weighted by Crippen LogP contribution is 2.16. The van der Waals surface area contributed by atoms with E-state index < -0.39 is 23.6 Å². The Morgan fingerprint density at radius 1 is 1.00 bits per heavy atom. The highest BCUT2D eigenvalue weighted by molar-refractivity contribution is 5.88. The van der Waals surface area contributed by atoms with E-state index in [1.165, 1.54) is 29.2 Å². The predicted molar refractivity (Wildman–Crippen MR) is 95.2 cm³/mol. The fraction of sp³-hybridized carbons (Fsp3) is 0.300. The molecule has 26 heavy (non-hydrogen) atoms. The van der Waals surface area contributed by atoms with Gasteiger partial charge in [-0.15, -0.1) is 0 Å². The van der Waals surface area contributed by atoms with Crippen LogP contribution in [0, 0.1) is 11.6 Å². The summed E-state index contributed by atoms with van der Waals surface area (Å²) in [5.74, 6) is -1.74. The van der Waals surface area contributed by atoms with Gasteiger partial charge in [0.15, 0.2) is 0 Å². The lowest BCUT2D eigenvalue weighted by molar-refractivity contribution is -0.140. The molecule has 0 aromatic heterocycles. The number of hydrogen-bond acceptors (Lipinski definition) is 2. The average molecular weight is 360 g/mol. The van der Waals surface area contributed by atoms with Crippen LogP contribution in [0.15, 0.2) is 48.5 Å². The van der Waals surface area contributed by atoms with Crippen LogP contribution in [0.25, 0.3) is 0 Å². The molecule has 0 heterocycles. The summed E-state index contributed by atoms with van der Waals surface area (Å²) in [5, 5.41) is 2.66. The van der Waals surface area contributed by atoms with Crippen molar-refractivity contribution >= 4 is 11.8 Å². The van der Waals surface area contributed by atoms with Crippen molar-refractivity contribution in [2.24, 2.45) is 0 Å². The van der Waals surface area contributed by atoms with Gasteiger partial charge in [0.05, 0.1) is 6.42 Å². The molecule has 2 amide bonds. The Labute approximate surface area is 151 Å². The fourth-order valence-corrected chi connectivity index (χ4v) is 2.62. The van der Waals surface area contributed by atoms with Crippen LogP contribution in [0.3, 0.4) is 0 Å². The van der Waals surface area contributed by atoms with Gasteiger partial charge in [-0.1, -0.05) is 36.4 Å². The first-order valence-corrected chi connectivity index (χ1v) is 8.48. The van der Waals surface area contributed by atoms with Gasteiger partial charge in [-0.2, -0.15) is 0 Å². The number of carbonyl (C=O) groups excluding carboxylic acids is 2. The number of carbonyl (C=O) groups is 2. The summed E-state index contributed by atoms with van der Waals surface area (Å²) < 4.78 is 27.9. The summed E-state index contributed by atoms with van der Waals surface area (Å²) in [6.45, 7) is 3.69. The van der Waals surface area contributed by atoms with Crippen molar-refractivity contribution in [3.8, 4) is 0 Å². The molecule has 0 fully saturated rings. The van der Waals surface area contributed by atoms with E-state index in [9.17, 15) is 18.4 Å². The van der Waals surface area contributed by atoms with E-state index in [1.54, 1.807) is 38.1 Å². The highest BCUT2D eigenvalue weighted by atomic mass is 19.1. The van der Waals surface area contributed by atoms with Crippen molar-refractivity contribution in [2.45, 2.75) is 32.9 Å². The van der Waals surface area contributed by atoms with Crippen molar-refractivity contribution in [3.63, 3.8) is 0 Å². The zero-order chi connectivity index (χ0) is 19.1. The summed E-state index contributed by atoms with van der Waals surface area (Å²) in [4.78, 5) is 26.3. The lowest BCUT2D eigenvalue weighted by atomic mass is 10.1. The molecule has 0 aliphatic carbocycles. The number of amides is 2. The molecule has 2 rings (SSSR count). The zero-order valence-electron chi connectivity index (χ0n) is 14.8. The summed E-state index contributed by atoms with van der Waals surface area (Å²) >= 11 is 0. The number of hydrogen-bond donors (Lipinski definition) is 1. The molecule has 0 bridgehead atoms. The summed E-state index contributed by atoms with van der Waals surface area (Å²) in [5.41, 5.74) is 0.532. The molecular weight excluding hydrogens is 338 g/mol. The Hall–Kier alpha value is -2.76. The van der Waals surface area contributed by atoms with Crippen LogP contribution in [0.4, 0.5) is 8.78 Å². The molecule has 0 saturated carbocycles. The summed E-state index contributed by atoms with van der Waals surface area (Å²) in [7, 11) is 0. The van der Waals surface area contributed by atoms with E-state index in [4.69, 9.17) is 0 Å². The first-order valence-electron chi connectivity index (χ1n) is 8.48. The van der Waals surface area contributed by atoms with Gasteiger partial charge in [0.25, 0.3) is 0 Å². The van der Waals surface area contributed by atoms with E-state index >= 15 is 0 Å². The van der Waals surface area contributed by atoms with Crippen LogP contribution in [0.1, 0.15) is 25.0 Å². The molecule has 0 aliphatic heterocycles. The molecule has 0 radical (unpaired) electrons. The van der Waals surface area contributed by atoms with Crippen molar-refractivity contribution in [1.82, 2.24) is 10.2 Å². The maximum atomic E-state index is 14.0. The van der Waals surface area contributed by atoms with Gasteiger partial charge < -0.3 is 10.2 Å². The fourth-order valence-electron chi connectivity index (χ4n) is 2.62. The maximum absolute atomic E-state index is 14.0. The topological polar surface area (TPSA) is 49.4 Å². The van der Waals surface area contributed by atoms with Gasteiger partial charge in [0, 0.05) is 18.7 Å². The van der Waals surface area contributed by atoms with E-state index in [1.807, 2.05) is 0 Å². The highest BCUT2D eigenvalue weighted by Gasteiger charge is 2.27. The molecule has 1 N–H and O–H groups in total. The van der Waals surface area contributed by atoms with E-state index in [-0.39, 0.29) is 24.4 Å². The smallest absolute Gasteiger partial charge is 0.242 e. The third kappa shape index (κ3) is 4.88. The molecule has 6 heteroatoms. The quantitative estimate of drug-likeness (QED) is 0.825. The van der Waals surface area contributed by atoms with E-state index in [2.05, 4.69) is 5.32 Å². The standard InChI is InChI=1S/C20H22F2N2O2/c1-3-23-20(26)14(2)24(13-16-9-5-7-11-18(16)22)19(25)12-15-8-4-6-10-17(15)21/h4-11,14H,3,12-13H2,1-2H3,(H,23,26)/t14-/m1/s1. The van der Waals surface area contributed by atoms with Gasteiger partial charge >= 0.3 is 0 Å². The second-order valence-corrected chi connectivity index (χ2v) is 5.95. The number of benzene rings is 2. The molecule has 0 saturated heterocycles. The SMILES string of the molecule is CCNC(=O)[C@@H](C)N(Cc1ccccc1F)C(=O)Cc1ccccc1F. The molecule has 1 atom stereocenters. The largest absolute Gasteiger partial charge is 0.355 e. The van der Waals surface area contributed by atoms with E-state index in [0.717, 1.165) is 0 Å². The molecule has 0 aliphatic rings. The maximum Gasteiger partial charge on any atom is 0.242 e. The molecule has 2 aromatic rings. The lowest BCUT2D eigenvalue weighted by Gasteiger charge is -2.29. The van der Waals surface area contributed by atoms with Crippen LogP contribution in [-0.4, -0.2) is 29.3 Å². The average Bonchev–Trinajstić information content (AvgIpc) is 2.62. The number of nitrogens with one attached hydrogen (secondary N) is 1. The monoisotopic (exact) mass is 360 g/mol. The number of rotatable bonds is 7. The summed E-state index contributed by atoms with van der Waals surface area (Å²) in [6.07, 6.45) is -0.204. The first kappa shape index (κ1) is 19.6. The second kappa shape index (κ2) is 9.08. The minimum atomic E-state index is -0.811. The first-order chi connectivity index (χ1) is 12.4. The van der Waals surface area contributed by atoms with Crippen LogP contribution in [0.2, 0.25) is 0 Å². The molecule has 4 nitrogen and oxygen atoms in total. The summed E-state index contributed by atoms with van der Waals surface area (Å²) in [6, 6.07) is 11.2. The van der Waals surface area contributed by atoms with Crippen molar-refractivity contribution in [3.05, 3.63) is 71.3 Å². The number of likely N-dealkylation sites (N-methyl/N-ethyl adjacent to an activating group) is 1. The molecule has 2 aromatic carbocycles. The molecule has 0 spiro atoms. The molecule has 0 unspecified atom stereocenters. The molecule has 138 valence electrons. The van der Waals surface area contributed by atoms with Crippen molar-refractivity contribution < 1.29 is 18.4 Å². The minimum Gasteiger partial charge on any atom is -0.355 e. The van der Waals surface area contributed by atoms with Gasteiger partial charge in [0.1, 0.15) is 17.7 Å². The lowest BCUT2D eigenvalue weighted by Crippen LogP contribution is -2.48. The predicted octanol–water partition coefficient (Wildman–Crippen LogP) is 3.06. The van der Waals surface area contributed by atoms with Gasteiger partial charge in [-0.05, 0) is 31.5 Å². The van der Waals surface area contributed by atoms with Crippen molar-refractivity contribution in [1.29, 1.82) is 0 Å². The Morgan fingerprint density at radius 2 is 1.54 bits per heavy atom. The number of halogens is 2. The Morgan fingerprint density at radius 3 is 2.08 bits per heavy atom. The van der Waals surface area contributed by atoms with Crippen LogP contribution >= 0.6 is 0 Å². The Bertz CT molecular complexity index is 780. The van der Waals surface area contributed by atoms with Crippen LogP contribution in [0.5, 0.6) is 0 Å².